The molecule has 0 bridgehead atoms. The highest BCUT2D eigenvalue weighted by Gasteiger charge is 2.21. The molecule has 30 heavy (non-hydrogen) atoms. The van der Waals surface area contributed by atoms with Gasteiger partial charge in [0.05, 0.1) is 5.69 Å². The first kappa shape index (κ1) is 23.1. The zero-order chi connectivity index (χ0) is 19.9. The molecule has 4 rings (SSSR count). The summed E-state index contributed by atoms with van der Waals surface area (Å²) in [5, 5.41) is 10.5. The van der Waals surface area contributed by atoms with Crippen LogP contribution < -0.4 is 20.4 Å². The zero-order valence-electron chi connectivity index (χ0n) is 17.7. The largest absolute Gasteiger partial charge is 0.369 e. The van der Waals surface area contributed by atoms with Crippen LogP contribution in [0.15, 0.2) is 40.7 Å². The minimum absolute atomic E-state index is 0. The van der Waals surface area contributed by atoms with E-state index in [4.69, 9.17) is 4.98 Å². The van der Waals surface area contributed by atoms with E-state index in [0.29, 0.717) is 6.04 Å². The summed E-state index contributed by atoms with van der Waals surface area (Å²) in [6.45, 7) is 5.29. The van der Waals surface area contributed by atoms with Gasteiger partial charge in [-0.25, -0.2) is 4.98 Å². The van der Waals surface area contributed by atoms with Gasteiger partial charge in [0.1, 0.15) is 0 Å². The maximum atomic E-state index is 4.81. The molecule has 2 aromatic rings. The van der Waals surface area contributed by atoms with Crippen molar-refractivity contribution in [1.82, 2.24) is 15.6 Å². The third-order valence-corrected chi connectivity index (χ3v) is 6.65. The molecule has 2 aliphatic heterocycles. The van der Waals surface area contributed by atoms with Crippen LogP contribution in [0.2, 0.25) is 0 Å². The Labute approximate surface area is 201 Å². The molecule has 1 unspecified atom stereocenters. The summed E-state index contributed by atoms with van der Waals surface area (Å²) in [5.41, 5.74) is 2.48. The molecule has 0 amide bonds. The average Bonchev–Trinajstić information content (AvgIpc) is 3.46. The van der Waals surface area contributed by atoms with Gasteiger partial charge in [0, 0.05) is 63.3 Å². The molecule has 2 N–H and O–H groups in total. The van der Waals surface area contributed by atoms with E-state index in [0.717, 1.165) is 45.1 Å². The molecule has 2 fully saturated rings. The van der Waals surface area contributed by atoms with Gasteiger partial charge in [-0.1, -0.05) is 18.2 Å². The molecule has 0 saturated carbocycles. The van der Waals surface area contributed by atoms with Crippen LogP contribution in [0.25, 0.3) is 0 Å². The van der Waals surface area contributed by atoms with Crippen molar-refractivity contribution >= 4 is 52.1 Å². The molecule has 0 radical (unpaired) electrons. The lowest BCUT2D eigenvalue weighted by molar-refractivity contribution is 0.468. The highest BCUT2D eigenvalue weighted by molar-refractivity contribution is 14.0. The number of halogens is 1. The minimum Gasteiger partial charge on any atom is -0.369 e. The number of aliphatic imine (C=N–C) groups is 1. The van der Waals surface area contributed by atoms with E-state index in [-0.39, 0.29) is 24.0 Å². The summed E-state index contributed by atoms with van der Waals surface area (Å²) in [5.74, 6) is 0.889. The molecule has 1 aromatic heterocycles. The van der Waals surface area contributed by atoms with Crippen LogP contribution in [0.5, 0.6) is 0 Å². The van der Waals surface area contributed by atoms with Crippen molar-refractivity contribution in [2.75, 3.05) is 49.6 Å². The van der Waals surface area contributed by atoms with E-state index in [2.05, 4.69) is 61.1 Å². The fraction of sp³-hybridized carbons (Fsp3) is 0.545. The van der Waals surface area contributed by atoms with Crippen LogP contribution in [0.1, 0.15) is 31.4 Å². The lowest BCUT2D eigenvalue weighted by atomic mass is 10.1. The number of thiazole rings is 1. The predicted octanol–water partition coefficient (Wildman–Crippen LogP) is 3.74. The van der Waals surface area contributed by atoms with Gasteiger partial charge in [-0.15, -0.1) is 35.3 Å². The van der Waals surface area contributed by atoms with E-state index in [1.807, 2.05) is 7.05 Å². The van der Waals surface area contributed by atoms with Gasteiger partial charge in [-0.2, -0.15) is 0 Å². The molecule has 1 atom stereocenters. The van der Waals surface area contributed by atoms with Gasteiger partial charge in [-0.3, -0.25) is 4.99 Å². The van der Waals surface area contributed by atoms with Crippen LogP contribution in [0.4, 0.5) is 10.8 Å². The van der Waals surface area contributed by atoms with Crippen LogP contribution in [0, 0.1) is 0 Å². The number of anilines is 2. The quantitative estimate of drug-likeness (QED) is 0.332. The molecule has 6 nitrogen and oxygen atoms in total. The van der Waals surface area contributed by atoms with E-state index >= 15 is 0 Å². The number of nitrogens with zero attached hydrogens (tertiary/aromatic N) is 4. The van der Waals surface area contributed by atoms with Crippen molar-refractivity contribution in [2.24, 2.45) is 4.99 Å². The van der Waals surface area contributed by atoms with Gasteiger partial charge >= 0.3 is 0 Å². The van der Waals surface area contributed by atoms with Gasteiger partial charge in [0.25, 0.3) is 0 Å². The highest BCUT2D eigenvalue weighted by atomic mass is 127. The smallest absolute Gasteiger partial charge is 0.191 e. The van der Waals surface area contributed by atoms with Gasteiger partial charge in [0.15, 0.2) is 11.1 Å². The molecule has 0 aliphatic carbocycles. The summed E-state index contributed by atoms with van der Waals surface area (Å²) in [4.78, 5) is 14.1. The molecule has 1 aromatic carbocycles. The second kappa shape index (κ2) is 11.7. The second-order valence-electron chi connectivity index (χ2n) is 7.83. The van der Waals surface area contributed by atoms with E-state index in [1.165, 1.54) is 42.2 Å². The Hall–Kier alpha value is -1.55. The van der Waals surface area contributed by atoms with Crippen LogP contribution in [-0.4, -0.2) is 56.8 Å². The monoisotopic (exact) mass is 540 g/mol. The fourth-order valence-electron chi connectivity index (χ4n) is 4.13. The number of hydrogen-bond acceptors (Lipinski definition) is 5. The van der Waals surface area contributed by atoms with Gasteiger partial charge in [-0.05, 0) is 37.8 Å². The Bertz CT molecular complexity index is 790. The number of nitrogens with one attached hydrogen (secondary N) is 2. The number of rotatable bonds is 6. The molecule has 3 heterocycles. The second-order valence-corrected chi connectivity index (χ2v) is 8.67. The Kier molecular flexibility index (Phi) is 9.05. The van der Waals surface area contributed by atoms with Gasteiger partial charge < -0.3 is 20.4 Å². The van der Waals surface area contributed by atoms with Crippen molar-refractivity contribution in [3.8, 4) is 0 Å². The van der Waals surface area contributed by atoms with Crippen molar-refractivity contribution < 1.29 is 0 Å². The Balaban J connectivity index is 0.00000256. The van der Waals surface area contributed by atoms with Crippen LogP contribution >= 0.6 is 35.3 Å². The van der Waals surface area contributed by atoms with E-state index in [1.54, 1.807) is 11.3 Å². The number of guanidine groups is 1. The first-order valence-electron chi connectivity index (χ1n) is 10.8. The zero-order valence-corrected chi connectivity index (χ0v) is 20.9. The topological polar surface area (TPSA) is 55.8 Å². The van der Waals surface area contributed by atoms with E-state index in [9.17, 15) is 0 Å². The summed E-state index contributed by atoms with van der Waals surface area (Å²) in [6.07, 6.45) is 5.88. The summed E-state index contributed by atoms with van der Waals surface area (Å²) >= 11 is 1.77. The molecular formula is C22H33IN6S. The minimum atomic E-state index is 0. The number of benzene rings is 1. The first-order chi connectivity index (χ1) is 14.3. The Morgan fingerprint density at radius 2 is 1.90 bits per heavy atom. The number of piperidine rings is 1. The summed E-state index contributed by atoms with van der Waals surface area (Å²) in [7, 11) is 1.85. The maximum Gasteiger partial charge on any atom is 0.191 e. The third-order valence-electron chi connectivity index (χ3n) is 5.70. The van der Waals surface area contributed by atoms with Crippen molar-refractivity contribution in [1.29, 1.82) is 0 Å². The third kappa shape index (κ3) is 6.23. The lowest BCUT2D eigenvalue weighted by Gasteiger charge is -2.35. The van der Waals surface area contributed by atoms with Crippen molar-refractivity contribution in [3.05, 3.63) is 41.4 Å². The molecule has 164 valence electrons. The van der Waals surface area contributed by atoms with Crippen LogP contribution in [-0.2, 0) is 6.42 Å². The van der Waals surface area contributed by atoms with Gasteiger partial charge in [0.2, 0.25) is 0 Å². The lowest BCUT2D eigenvalue weighted by Crippen LogP contribution is -2.51. The first-order valence-corrected chi connectivity index (χ1v) is 11.7. The summed E-state index contributed by atoms with van der Waals surface area (Å²) < 4.78 is 0. The number of aromatic nitrogens is 1. The average molecular weight is 541 g/mol. The standard InChI is InChI=1S/C22H32N6S.HI/c1-23-21(24-12-11-19-17-29-22(26-19)27-13-5-6-14-27)25-18-8-7-15-28(16-18)20-9-3-2-4-10-20;/h2-4,9-10,17-18H,5-8,11-16H2,1H3,(H2,23,24,25);1H. The number of para-hydroxylation sites is 1. The normalized spacial score (nSPS) is 19.5. The molecule has 8 heteroatoms. The predicted molar refractivity (Wildman–Crippen MR) is 139 cm³/mol. The molecule has 2 saturated heterocycles. The number of hydrogen-bond donors (Lipinski definition) is 2. The maximum absolute atomic E-state index is 4.81. The SMILES string of the molecule is CN=C(NCCc1csc(N2CCCC2)n1)NC1CCCN(c2ccccc2)C1.I. The molecule has 2 aliphatic rings. The Morgan fingerprint density at radius 3 is 2.67 bits per heavy atom. The summed E-state index contributed by atoms with van der Waals surface area (Å²) in [6, 6.07) is 11.1. The van der Waals surface area contributed by atoms with E-state index < -0.39 is 0 Å². The highest BCUT2D eigenvalue weighted by Crippen LogP contribution is 2.24. The van der Waals surface area contributed by atoms with Crippen LogP contribution in [0.3, 0.4) is 0 Å². The van der Waals surface area contributed by atoms with Crippen molar-refractivity contribution in [2.45, 2.75) is 38.1 Å². The fourth-order valence-corrected chi connectivity index (χ4v) is 5.04. The molecule has 0 spiro atoms. The van der Waals surface area contributed by atoms with Crippen molar-refractivity contribution in [3.63, 3.8) is 0 Å². The Morgan fingerprint density at radius 1 is 1.13 bits per heavy atom. The molecular weight excluding hydrogens is 507 g/mol.